The lowest BCUT2D eigenvalue weighted by molar-refractivity contribution is -0.164. The van der Waals surface area contributed by atoms with E-state index in [4.69, 9.17) is 21.1 Å². The summed E-state index contributed by atoms with van der Waals surface area (Å²) in [7, 11) is 1.37. The number of ether oxygens (including phenoxy) is 2. The summed E-state index contributed by atoms with van der Waals surface area (Å²) in [6.07, 6.45) is 1.78. The summed E-state index contributed by atoms with van der Waals surface area (Å²) in [5.41, 5.74) is 5.78. The molecule has 38 heavy (non-hydrogen) atoms. The van der Waals surface area contributed by atoms with Gasteiger partial charge in [-0.15, -0.1) is 0 Å². The zero-order chi connectivity index (χ0) is 27.4. The second kappa shape index (κ2) is 9.60. The van der Waals surface area contributed by atoms with E-state index in [0.717, 1.165) is 51.1 Å². The molecule has 8 nitrogen and oxygen atoms in total. The summed E-state index contributed by atoms with van der Waals surface area (Å²) < 4.78 is 14.0. The average Bonchev–Trinajstić information content (AvgIpc) is 3.21. The Balaban J connectivity index is 1.91. The number of halogens is 1. The van der Waals surface area contributed by atoms with E-state index in [1.54, 1.807) is 0 Å². The minimum Gasteiger partial charge on any atom is -0.505 e. The van der Waals surface area contributed by atoms with Crippen molar-refractivity contribution in [2.75, 3.05) is 18.6 Å². The molecule has 0 amide bonds. The molecule has 1 aliphatic heterocycles. The molecule has 3 heterocycles. The molecule has 198 valence electrons. The van der Waals surface area contributed by atoms with E-state index in [9.17, 15) is 9.90 Å². The Morgan fingerprint density at radius 3 is 2.37 bits per heavy atom. The molecule has 1 aliphatic rings. The standard InChI is InChI=1S/C29H31ClN4O4/c1-16-13-21-23(18-7-9-19(30)10-8-18)22(26(27(36)37-6)38-29(3,4)5)17(2)24-25(21)33(16)11-12-34(24)28-31-14-20(35)15-32-28/h7-10,13-15,26,35H,11-12H2,1-6H3/t26-/m0/s1. The Hall–Kier alpha value is -3.62. The third-order valence-corrected chi connectivity index (χ3v) is 7.04. The van der Waals surface area contributed by atoms with Crippen LogP contribution in [0.4, 0.5) is 11.6 Å². The monoisotopic (exact) mass is 534 g/mol. The van der Waals surface area contributed by atoms with Crippen LogP contribution >= 0.6 is 11.6 Å². The van der Waals surface area contributed by atoms with Crippen LogP contribution in [-0.4, -0.2) is 44.9 Å². The van der Waals surface area contributed by atoms with Gasteiger partial charge in [0.2, 0.25) is 5.95 Å². The van der Waals surface area contributed by atoms with Crippen molar-refractivity contribution < 1.29 is 19.4 Å². The van der Waals surface area contributed by atoms with Crippen LogP contribution in [0, 0.1) is 13.8 Å². The maximum absolute atomic E-state index is 13.4. The van der Waals surface area contributed by atoms with Gasteiger partial charge < -0.3 is 24.0 Å². The topological polar surface area (TPSA) is 89.7 Å². The normalized spacial score (nSPS) is 14.1. The fraction of sp³-hybridized carbons (Fsp3) is 0.345. The Bertz CT molecular complexity index is 1520. The van der Waals surface area contributed by atoms with Crippen LogP contribution < -0.4 is 4.90 Å². The Labute approximate surface area is 226 Å². The van der Waals surface area contributed by atoms with Crippen LogP contribution in [0.2, 0.25) is 5.02 Å². The molecule has 0 radical (unpaired) electrons. The lowest BCUT2D eigenvalue weighted by atomic mass is 9.87. The number of aromatic hydroxyl groups is 1. The molecule has 0 saturated heterocycles. The molecule has 2 aromatic carbocycles. The first kappa shape index (κ1) is 26.0. The molecule has 1 atom stereocenters. The second-order valence-electron chi connectivity index (χ2n) is 10.5. The molecule has 2 aromatic heterocycles. The van der Waals surface area contributed by atoms with E-state index in [-0.39, 0.29) is 5.75 Å². The number of nitrogens with zero attached hydrogens (tertiary/aromatic N) is 4. The van der Waals surface area contributed by atoms with Gasteiger partial charge in [-0.2, -0.15) is 0 Å². The molecular weight excluding hydrogens is 504 g/mol. The summed E-state index contributed by atoms with van der Waals surface area (Å²) in [4.78, 5) is 24.2. The van der Waals surface area contributed by atoms with Gasteiger partial charge in [0.05, 0.1) is 36.3 Å². The maximum Gasteiger partial charge on any atom is 0.339 e. The van der Waals surface area contributed by atoms with Crippen molar-refractivity contribution in [1.82, 2.24) is 14.5 Å². The molecule has 0 aliphatic carbocycles. The van der Waals surface area contributed by atoms with E-state index >= 15 is 0 Å². The number of hydrogen-bond acceptors (Lipinski definition) is 7. The number of benzene rings is 2. The Kier molecular flexibility index (Phi) is 6.57. The molecule has 1 N–H and O–H groups in total. The van der Waals surface area contributed by atoms with E-state index in [2.05, 4.69) is 27.5 Å². The minimum absolute atomic E-state index is 0.00467. The van der Waals surface area contributed by atoms with Gasteiger partial charge in [0.15, 0.2) is 11.9 Å². The number of methoxy groups -OCH3 is 1. The first-order valence-corrected chi connectivity index (χ1v) is 12.8. The molecule has 4 aromatic rings. The predicted octanol–water partition coefficient (Wildman–Crippen LogP) is 6.26. The first-order chi connectivity index (χ1) is 18.0. The fourth-order valence-corrected chi connectivity index (χ4v) is 5.41. The average molecular weight is 535 g/mol. The van der Waals surface area contributed by atoms with Gasteiger partial charge in [0.1, 0.15) is 0 Å². The zero-order valence-electron chi connectivity index (χ0n) is 22.4. The lowest BCUT2D eigenvalue weighted by Crippen LogP contribution is -2.32. The highest BCUT2D eigenvalue weighted by Crippen LogP contribution is 2.49. The highest BCUT2D eigenvalue weighted by atomic mass is 35.5. The van der Waals surface area contributed by atoms with Crippen LogP contribution in [0.5, 0.6) is 5.75 Å². The van der Waals surface area contributed by atoms with Crippen molar-refractivity contribution in [2.24, 2.45) is 0 Å². The maximum atomic E-state index is 13.4. The summed E-state index contributed by atoms with van der Waals surface area (Å²) in [6, 6.07) is 9.77. The lowest BCUT2D eigenvalue weighted by Gasteiger charge is -2.35. The number of hydrogen-bond donors (Lipinski definition) is 1. The first-order valence-electron chi connectivity index (χ1n) is 12.5. The van der Waals surface area contributed by atoms with E-state index in [1.807, 2.05) is 56.9 Å². The van der Waals surface area contributed by atoms with Crippen molar-refractivity contribution >= 4 is 40.1 Å². The van der Waals surface area contributed by atoms with Crippen molar-refractivity contribution in [3.05, 3.63) is 64.6 Å². The molecule has 5 rings (SSSR count). The van der Waals surface area contributed by atoms with Crippen LogP contribution in [-0.2, 0) is 20.8 Å². The summed E-state index contributed by atoms with van der Waals surface area (Å²) >= 11 is 6.25. The number of carbonyl (C=O) groups is 1. The molecular formula is C29H31ClN4O4. The number of aryl methyl sites for hydroxylation is 1. The Morgan fingerprint density at radius 2 is 1.76 bits per heavy atom. The SMILES string of the molecule is COC(=O)[C@@H](OC(C)(C)C)c1c(C)c2c3c(cc(C)n3CCN2c2ncc(O)cn2)c1-c1ccc(Cl)cc1. The van der Waals surface area contributed by atoms with E-state index in [0.29, 0.717) is 17.5 Å². The van der Waals surface area contributed by atoms with Gasteiger partial charge in [-0.25, -0.2) is 14.8 Å². The zero-order valence-corrected chi connectivity index (χ0v) is 23.1. The largest absolute Gasteiger partial charge is 0.505 e. The van der Waals surface area contributed by atoms with Crippen molar-refractivity contribution in [1.29, 1.82) is 0 Å². The van der Waals surface area contributed by atoms with Gasteiger partial charge in [0.25, 0.3) is 0 Å². The smallest absolute Gasteiger partial charge is 0.339 e. The molecule has 0 saturated carbocycles. The van der Waals surface area contributed by atoms with Crippen LogP contribution in [0.15, 0.2) is 42.7 Å². The molecule has 9 heteroatoms. The number of anilines is 2. The molecule has 0 unspecified atom stereocenters. The molecule has 0 spiro atoms. The summed E-state index contributed by atoms with van der Waals surface area (Å²) in [6.45, 7) is 11.2. The predicted molar refractivity (Wildman–Crippen MR) is 148 cm³/mol. The number of esters is 1. The third kappa shape index (κ3) is 4.48. The van der Waals surface area contributed by atoms with Gasteiger partial charge in [0, 0.05) is 34.8 Å². The van der Waals surface area contributed by atoms with Crippen molar-refractivity contribution in [3.8, 4) is 16.9 Å². The van der Waals surface area contributed by atoms with Gasteiger partial charge in [-0.3, -0.25) is 0 Å². The van der Waals surface area contributed by atoms with Crippen LogP contribution in [0.1, 0.15) is 43.7 Å². The van der Waals surface area contributed by atoms with Gasteiger partial charge in [-0.05, 0) is 69.5 Å². The minimum atomic E-state index is -0.987. The van der Waals surface area contributed by atoms with Crippen LogP contribution in [0.3, 0.4) is 0 Å². The number of rotatable bonds is 5. The van der Waals surface area contributed by atoms with Crippen molar-refractivity contribution in [2.45, 2.75) is 52.9 Å². The molecule has 0 bridgehead atoms. The highest BCUT2D eigenvalue weighted by molar-refractivity contribution is 6.30. The Morgan fingerprint density at radius 1 is 1.11 bits per heavy atom. The van der Waals surface area contributed by atoms with E-state index in [1.165, 1.54) is 19.5 Å². The number of aromatic nitrogens is 3. The fourth-order valence-electron chi connectivity index (χ4n) is 5.29. The highest BCUT2D eigenvalue weighted by Gasteiger charge is 2.37. The molecule has 0 fully saturated rings. The number of carbonyl (C=O) groups excluding carboxylic acids is 1. The van der Waals surface area contributed by atoms with E-state index < -0.39 is 17.7 Å². The quantitative estimate of drug-likeness (QED) is 0.302. The van der Waals surface area contributed by atoms with Crippen LogP contribution in [0.25, 0.3) is 22.0 Å². The third-order valence-electron chi connectivity index (χ3n) is 6.79. The summed E-state index contributed by atoms with van der Waals surface area (Å²) in [5, 5.41) is 11.4. The van der Waals surface area contributed by atoms with Gasteiger partial charge >= 0.3 is 5.97 Å². The van der Waals surface area contributed by atoms with Gasteiger partial charge in [-0.1, -0.05) is 23.7 Å². The summed E-state index contributed by atoms with van der Waals surface area (Å²) in [5.74, 6) is -0.0204. The second-order valence-corrected chi connectivity index (χ2v) is 10.9. The van der Waals surface area contributed by atoms with Crippen molar-refractivity contribution in [3.63, 3.8) is 0 Å².